The van der Waals surface area contributed by atoms with Crippen molar-refractivity contribution in [1.29, 1.82) is 0 Å². The second-order valence-electron chi connectivity index (χ2n) is 8.92. The van der Waals surface area contributed by atoms with Gasteiger partial charge in [-0.25, -0.2) is 9.79 Å². The molecule has 1 N–H and O–H groups in total. The molecule has 1 atom stereocenters. The van der Waals surface area contributed by atoms with E-state index in [1.807, 2.05) is 13.8 Å². The molecular formula is C27H27N3O8S. The van der Waals surface area contributed by atoms with E-state index >= 15 is 0 Å². The van der Waals surface area contributed by atoms with Gasteiger partial charge in [0, 0.05) is 30.4 Å². The minimum absolute atomic E-state index is 0.0134. The first kappa shape index (κ1) is 27.7. The van der Waals surface area contributed by atoms with Crippen molar-refractivity contribution in [2.24, 2.45) is 4.99 Å². The quantitative estimate of drug-likeness (QED) is 0.184. The molecular weight excluding hydrogens is 526 g/mol. The normalized spacial score (nSPS) is 15.2. The molecule has 0 saturated heterocycles. The Kier molecular flexibility index (Phi) is 8.27. The summed E-state index contributed by atoms with van der Waals surface area (Å²) in [7, 11) is 1.49. The van der Waals surface area contributed by atoms with E-state index in [2.05, 4.69) is 4.99 Å². The van der Waals surface area contributed by atoms with Gasteiger partial charge in [0.25, 0.3) is 11.2 Å². The molecule has 39 heavy (non-hydrogen) atoms. The van der Waals surface area contributed by atoms with E-state index in [0.717, 1.165) is 11.3 Å². The molecule has 3 aromatic rings. The third kappa shape index (κ3) is 5.76. The summed E-state index contributed by atoms with van der Waals surface area (Å²) >= 11 is 1.04. The van der Waals surface area contributed by atoms with Gasteiger partial charge in [0.2, 0.25) is 0 Å². The number of benzene rings is 2. The lowest BCUT2D eigenvalue weighted by Gasteiger charge is -2.27. The van der Waals surface area contributed by atoms with Gasteiger partial charge in [-0.1, -0.05) is 29.5 Å². The lowest BCUT2D eigenvalue weighted by molar-refractivity contribution is -0.384. The van der Waals surface area contributed by atoms with E-state index in [9.17, 15) is 24.8 Å². The van der Waals surface area contributed by atoms with E-state index < -0.39 is 22.5 Å². The predicted molar refractivity (Wildman–Crippen MR) is 144 cm³/mol. The topological polar surface area (TPSA) is 142 Å². The highest BCUT2D eigenvalue weighted by molar-refractivity contribution is 7.07. The second-order valence-corrected chi connectivity index (χ2v) is 9.92. The van der Waals surface area contributed by atoms with Gasteiger partial charge in [-0.15, -0.1) is 0 Å². The molecule has 1 aliphatic rings. The summed E-state index contributed by atoms with van der Waals surface area (Å²) < 4.78 is 18.0. The van der Waals surface area contributed by atoms with Gasteiger partial charge < -0.3 is 19.3 Å². The Bertz CT molecular complexity index is 1640. The molecule has 0 unspecified atom stereocenters. The van der Waals surface area contributed by atoms with Crippen LogP contribution in [0.2, 0.25) is 0 Å². The monoisotopic (exact) mass is 553 g/mol. The Morgan fingerprint density at radius 2 is 2.00 bits per heavy atom. The molecule has 2 heterocycles. The van der Waals surface area contributed by atoms with Gasteiger partial charge in [-0.2, -0.15) is 0 Å². The van der Waals surface area contributed by atoms with Crippen LogP contribution in [0.25, 0.3) is 6.08 Å². The molecule has 204 valence electrons. The molecule has 4 rings (SSSR count). The summed E-state index contributed by atoms with van der Waals surface area (Å²) in [5.41, 5.74) is 0.468. The van der Waals surface area contributed by atoms with Crippen LogP contribution in [0.3, 0.4) is 0 Å². The molecule has 2 aromatic carbocycles. The molecule has 0 bridgehead atoms. The van der Waals surface area contributed by atoms with Crippen molar-refractivity contribution >= 4 is 29.1 Å². The predicted octanol–water partition coefficient (Wildman–Crippen LogP) is 2.83. The molecule has 0 aliphatic carbocycles. The number of aromatic nitrogens is 1. The molecule has 0 fully saturated rings. The zero-order chi connectivity index (χ0) is 28.3. The Morgan fingerprint density at radius 1 is 1.26 bits per heavy atom. The number of phenols is 1. The largest absolute Gasteiger partial charge is 0.507 e. The zero-order valence-electron chi connectivity index (χ0n) is 21.7. The summed E-state index contributed by atoms with van der Waals surface area (Å²) in [6.45, 7) is 5.61. The van der Waals surface area contributed by atoms with Gasteiger partial charge >= 0.3 is 5.97 Å². The van der Waals surface area contributed by atoms with Crippen molar-refractivity contribution in [1.82, 2.24) is 4.57 Å². The maximum atomic E-state index is 13.8. The van der Waals surface area contributed by atoms with Crippen LogP contribution in [0.1, 0.15) is 37.9 Å². The zero-order valence-corrected chi connectivity index (χ0v) is 22.6. The maximum Gasteiger partial charge on any atom is 0.338 e. The number of fused-ring (bicyclic) bond motifs is 1. The Labute approximate surface area is 227 Å². The van der Waals surface area contributed by atoms with Gasteiger partial charge in [0.05, 0.1) is 33.4 Å². The number of non-ortho nitro benzene ring substituents is 1. The van der Waals surface area contributed by atoms with Gasteiger partial charge in [0.1, 0.15) is 24.1 Å². The number of aromatic hydroxyl groups is 1. The van der Waals surface area contributed by atoms with Crippen molar-refractivity contribution in [3.05, 3.63) is 94.7 Å². The van der Waals surface area contributed by atoms with Crippen LogP contribution in [0.15, 0.2) is 63.5 Å². The number of phenolic OH excluding ortho intramolecular Hbond substituents is 1. The number of hydrogen-bond acceptors (Lipinski definition) is 10. The van der Waals surface area contributed by atoms with E-state index in [0.29, 0.717) is 21.8 Å². The van der Waals surface area contributed by atoms with Crippen molar-refractivity contribution in [3.8, 4) is 11.5 Å². The lowest BCUT2D eigenvalue weighted by Crippen LogP contribution is -2.40. The second kappa shape index (κ2) is 11.6. The highest BCUT2D eigenvalue weighted by Crippen LogP contribution is 2.36. The highest BCUT2D eigenvalue weighted by Gasteiger charge is 2.35. The minimum Gasteiger partial charge on any atom is -0.507 e. The summed E-state index contributed by atoms with van der Waals surface area (Å²) in [5.74, 6) is -0.388. The number of methoxy groups -OCH3 is 1. The van der Waals surface area contributed by atoms with Crippen LogP contribution in [-0.2, 0) is 14.3 Å². The van der Waals surface area contributed by atoms with E-state index in [1.54, 1.807) is 31.2 Å². The van der Waals surface area contributed by atoms with Gasteiger partial charge in [0.15, 0.2) is 4.80 Å². The molecule has 11 nitrogen and oxygen atoms in total. The number of carbonyl (C=O) groups is 1. The van der Waals surface area contributed by atoms with Crippen molar-refractivity contribution in [2.75, 3.05) is 20.3 Å². The number of para-hydroxylation sites is 1. The average molecular weight is 554 g/mol. The van der Waals surface area contributed by atoms with Gasteiger partial charge in [-0.05, 0) is 39.0 Å². The Hall–Kier alpha value is -4.29. The maximum absolute atomic E-state index is 13.8. The fourth-order valence-corrected chi connectivity index (χ4v) is 5.19. The molecule has 0 amide bonds. The van der Waals surface area contributed by atoms with Crippen LogP contribution >= 0.6 is 11.3 Å². The summed E-state index contributed by atoms with van der Waals surface area (Å²) in [6, 6.07) is 9.73. The molecule has 1 aliphatic heterocycles. The van der Waals surface area contributed by atoms with Gasteiger partial charge in [-0.3, -0.25) is 19.5 Å². The van der Waals surface area contributed by atoms with E-state index in [1.165, 1.54) is 36.0 Å². The van der Waals surface area contributed by atoms with Crippen LogP contribution in [-0.4, -0.2) is 47.0 Å². The summed E-state index contributed by atoms with van der Waals surface area (Å²) in [6.07, 6.45) is 1.19. The molecule has 0 saturated carbocycles. The Balaban J connectivity index is 1.95. The smallest absolute Gasteiger partial charge is 0.338 e. The first-order valence-corrected chi connectivity index (χ1v) is 12.9. The van der Waals surface area contributed by atoms with Crippen LogP contribution in [0.5, 0.6) is 11.5 Å². The molecule has 1 aromatic heterocycles. The third-order valence-electron chi connectivity index (χ3n) is 5.85. The number of rotatable bonds is 9. The molecule has 0 radical (unpaired) electrons. The SMILES string of the molecule is COCCOC(=O)C1=C(C)N=c2s/c(=C/c3cc([N+](=O)[O-])ccc3O)c(=O)n2[C@H]1c1ccccc1OC(C)C. The number of ether oxygens (including phenoxy) is 3. The number of hydrogen-bond donors (Lipinski definition) is 1. The number of nitro groups is 1. The first-order chi connectivity index (χ1) is 18.6. The molecule has 0 spiro atoms. The lowest BCUT2D eigenvalue weighted by atomic mass is 9.95. The fraction of sp³-hybridized carbons (Fsp3) is 0.296. The fourth-order valence-electron chi connectivity index (χ4n) is 4.15. The van der Waals surface area contributed by atoms with E-state index in [-0.39, 0.29) is 46.4 Å². The average Bonchev–Trinajstić information content (AvgIpc) is 3.18. The highest BCUT2D eigenvalue weighted by atomic mass is 32.1. The number of allylic oxidation sites excluding steroid dienone is 1. The number of nitro benzene ring substituents is 1. The van der Waals surface area contributed by atoms with Crippen molar-refractivity contribution < 1.29 is 29.0 Å². The minimum atomic E-state index is -0.924. The van der Waals surface area contributed by atoms with Crippen molar-refractivity contribution in [2.45, 2.75) is 32.9 Å². The number of esters is 1. The number of thiazole rings is 1. The van der Waals surface area contributed by atoms with Crippen LogP contribution in [0.4, 0.5) is 5.69 Å². The number of nitrogens with zero attached hydrogens (tertiary/aromatic N) is 3. The summed E-state index contributed by atoms with van der Waals surface area (Å²) in [5, 5.41) is 21.5. The third-order valence-corrected chi connectivity index (χ3v) is 6.83. The van der Waals surface area contributed by atoms with Crippen molar-refractivity contribution in [3.63, 3.8) is 0 Å². The Morgan fingerprint density at radius 3 is 2.69 bits per heavy atom. The molecule has 12 heteroatoms. The van der Waals surface area contributed by atoms with Crippen LogP contribution < -0.4 is 19.6 Å². The summed E-state index contributed by atoms with van der Waals surface area (Å²) in [4.78, 5) is 42.6. The van der Waals surface area contributed by atoms with E-state index in [4.69, 9.17) is 14.2 Å². The van der Waals surface area contributed by atoms with Crippen LogP contribution in [0, 0.1) is 10.1 Å². The standard InChI is InChI=1S/C27H27N3O8S/c1-15(2)38-21-8-6-5-7-19(21)24-23(26(33)37-12-11-36-4)16(3)28-27-29(24)25(32)22(39-27)14-17-13-18(30(34)35)9-10-20(17)31/h5-10,13-15,24,31H,11-12H2,1-4H3/b22-14+/t24-/m0/s1. The number of carbonyl (C=O) groups excluding carboxylic acids is 1. The first-order valence-electron chi connectivity index (χ1n) is 12.0.